The highest BCUT2D eigenvalue weighted by atomic mass is 15.1. The molecule has 0 atom stereocenters. The zero-order chi connectivity index (χ0) is 12.3. The van der Waals surface area contributed by atoms with E-state index in [0.717, 1.165) is 5.84 Å². The molecule has 0 amide bonds. The van der Waals surface area contributed by atoms with Crippen molar-refractivity contribution >= 4 is 11.5 Å². The van der Waals surface area contributed by atoms with Gasteiger partial charge in [0.05, 0.1) is 0 Å². The standard InChI is InChI=1S/C15H22N2/c1-12-8-6-7-11-14(12)17(2)15(16)13-9-4-3-5-10-13/h6-8,11,13,16H,3-5,9-10H2,1-2H3. The van der Waals surface area contributed by atoms with Gasteiger partial charge in [-0.15, -0.1) is 0 Å². The van der Waals surface area contributed by atoms with E-state index >= 15 is 0 Å². The summed E-state index contributed by atoms with van der Waals surface area (Å²) in [5.41, 5.74) is 2.42. The van der Waals surface area contributed by atoms with Gasteiger partial charge in [0.25, 0.3) is 0 Å². The number of nitrogens with one attached hydrogen (secondary N) is 1. The van der Waals surface area contributed by atoms with Crippen molar-refractivity contribution in [2.24, 2.45) is 5.92 Å². The van der Waals surface area contributed by atoms with Crippen molar-refractivity contribution in [2.45, 2.75) is 39.0 Å². The van der Waals surface area contributed by atoms with Gasteiger partial charge in [0, 0.05) is 18.7 Å². The molecule has 0 unspecified atom stereocenters. The van der Waals surface area contributed by atoms with Crippen LogP contribution in [0, 0.1) is 18.3 Å². The summed E-state index contributed by atoms with van der Waals surface area (Å²) in [6.07, 6.45) is 6.30. The van der Waals surface area contributed by atoms with E-state index in [4.69, 9.17) is 5.41 Å². The van der Waals surface area contributed by atoms with Crippen molar-refractivity contribution in [1.82, 2.24) is 0 Å². The highest BCUT2D eigenvalue weighted by Gasteiger charge is 2.21. The van der Waals surface area contributed by atoms with Gasteiger partial charge in [-0.25, -0.2) is 0 Å². The summed E-state index contributed by atoms with van der Waals surface area (Å²) in [6.45, 7) is 2.11. The van der Waals surface area contributed by atoms with Crippen LogP contribution in [0.2, 0.25) is 0 Å². The number of aryl methyl sites for hydroxylation is 1. The summed E-state index contributed by atoms with van der Waals surface area (Å²) < 4.78 is 0. The number of amidine groups is 1. The molecule has 0 aliphatic heterocycles. The van der Waals surface area contributed by atoms with Crippen molar-refractivity contribution in [3.05, 3.63) is 29.8 Å². The Morgan fingerprint density at radius 2 is 1.82 bits per heavy atom. The first kappa shape index (κ1) is 12.2. The molecule has 0 spiro atoms. The lowest BCUT2D eigenvalue weighted by atomic mass is 9.88. The quantitative estimate of drug-likeness (QED) is 0.603. The van der Waals surface area contributed by atoms with Gasteiger partial charge in [-0.2, -0.15) is 0 Å². The van der Waals surface area contributed by atoms with Gasteiger partial charge in [-0.05, 0) is 31.4 Å². The minimum atomic E-state index is 0.466. The van der Waals surface area contributed by atoms with Crippen LogP contribution in [0.3, 0.4) is 0 Å². The molecule has 1 aromatic carbocycles. The fourth-order valence-electron chi connectivity index (χ4n) is 2.72. The van der Waals surface area contributed by atoms with Crippen LogP contribution in [0.5, 0.6) is 0 Å². The molecule has 0 aromatic heterocycles. The number of rotatable bonds is 2. The number of hydrogen-bond donors (Lipinski definition) is 1. The van der Waals surface area contributed by atoms with Gasteiger partial charge in [0.2, 0.25) is 0 Å². The Kier molecular flexibility index (Phi) is 3.82. The summed E-state index contributed by atoms with van der Waals surface area (Å²) in [7, 11) is 2.03. The van der Waals surface area contributed by atoms with E-state index in [1.54, 1.807) is 0 Å². The van der Waals surface area contributed by atoms with E-state index in [2.05, 4.69) is 30.0 Å². The molecule has 0 radical (unpaired) electrons. The van der Waals surface area contributed by atoms with Crippen LogP contribution in [0.1, 0.15) is 37.7 Å². The molecule has 0 heterocycles. The van der Waals surface area contributed by atoms with Crippen molar-refractivity contribution in [1.29, 1.82) is 5.41 Å². The summed E-state index contributed by atoms with van der Waals surface area (Å²) >= 11 is 0. The van der Waals surface area contributed by atoms with E-state index in [1.807, 2.05) is 13.1 Å². The molecule has 1 N–H and O–H groups in total. The fourth-order valence-corrected chi connectivity index (χ4v) is 2.72. The summed E-state index contributed by atoms with van der Waals surface area (Å²) in [4.78, 5) is 2.06. The third-order valence-corrected chi connectivity index (χ3v) is 3.83. The van der Waals surface area contributed by atoms with Crippen LogP contribution in [-0.2, 0) is 0 Å². The predicted molar refractivity (Wildman–Crippen MR) is 73.9 cm³/mol. The highest BCUT2D eigenvalue weighted by Crippen LogP contribution is 2.28. The number of nitrogens with zero attached hydrogens (tertiary/aromatic N) is 1. The molecule has 0 saturated heterocycles. The molecule has 2 rings (SSSR count). The Labute approximate surface area is 104 Å². The van der Waals surface area contributed by atoms with Crippen molar-refractivity contribution < 1.29 is 0 Å². The second kappa shape index (κ2) is 5.35. The van der Waals surface area contributed by atoms with Crippen LogP contribution >= 0.6 is 0 Å². The van der Waals surface area contributed by atoms with Crippen molar-refractivity contribution in [3.8, 4) is 0 Å². The fraction of sp³-hybridized carbons (Fsp3) is 0.533. The average molecular weight is 230 g/mol. The second-order valence-electron chi connectivity index (χ2n) is 5.07. The first-order valence-electron chi connectivity index (χ1n) is 6.58. The maximum absolute atomic E-state index is 8.35. The largest absolute Gasteiger partial charge is 0.333 e. The summed E-state index contributed by atoms with van der Waals surface area (Å²) in [6, 6.07) is 8.32. The van der Waals surface area contributed by atoms with Gasteiger partial charge >= 0.3 is 0 Å². The van der Waals surface area contributed by atoms with Crippen molar-refractivity contribution in [3.63, 3.8) is 0 Å². The van der Waals surface area contributed by atoms with Crippen LogP contribution in [0.15, 0.2) is 24.3 Å². The summed E-state index contributed by atoms with van der Waals surface area (Å²) in [5, 5.41) is 8.35. The Balaban J connectivity index is 2.11. The van der Waals surface area contributed by atoms with Crippen LogP contribution in [0.25, 0.3) is 0 Å². The lowest BCUT2D eigenvalue weighted by molar-refractivity contribution is 0.435. The molecular formula is C15H22N2. The highest BCUT2D eigenvalue weighted by molar-refractivity contribution is 5.97. The van der Waals surface area contributed by atoms with Gasteiger partial charge in [-0.3, -0.25) is 5.41 Å². The molecule has 2 heteroatoms. The molecule has 92 valence electrons. The molecule has 17 heavy (non-hydrogen) atoms. The van der Waals surface area contributed by atoms with E-state index in [1.165, 1.54) is 43.4 Å². The van der Waals surface area contributed by atoms with E-state index in [-0.39, 0.29) is 0 Å². The Morgan fingerprint density at radius 1 is 1.18 bits per heavy atom. The Bertz CT molecular complexity index is 392. The lowest BCUT2D eigenvalue weighted by Crippen LogP contribution is -2.33. The zero-order valence-corrected chi connectivity index (χ0v) is 10.9. The molecule has 1 aliphatic rings. The molecule has 1 fully saturated rings. The van der Waals surface area contributed by atoms with Gasteiger partial charge in [0.15, 0.2) is 0 Å². The van der Waals surface area contributed by atoms with E-state index in [0.29, 0.717) is 5.92 Å². The topological polar surface area (TPSA) is 27.1 Å². The Morgan fingerprint density at radius 3 is 2.47 bits per heavy atom. The van der Waals surface area contributed by atoms with Crippen LogP contribution < -0.4 is 4.90 Å². The first-order valence-corrected chi connectivity index (χ1v) is 6.58. The maximum Gasteiger partial charge on any atom is 0.103 e. The number of para-hydroxylation sites is 1. The molecule has 1 aromatic rings. The minimum Gasteiger partial charge on any atom is -0.333 e. The van der Waals surface area contributed by atoms with Gasteiger partial charge in [-0.1, -0.05) is 37.5 Å². The minimum absolute atomic E-state index is 0.466. The maximum atomic E-state index is 8.35. The van der Waals surface area contributed by atoms with E-state index < -0.39 is 0 Å². The van der Waals surface area contributed by atoms with Crippen LogP contribution in [0.4, 0.5) is 5.69 Å². The lowest BCUT2D eigenvalue weighted by Gasteiger charge is -2.30. The molecule has 1 saturated carbocycles. The molecule has 1 aliphatic carbocycles. The molecule has 2 nitrogen and oxygen atoms in total. The number of hydrogen-bond acceptors (Lipinski definition) is 1. The Hall–Kier alpha value is -1.31. The number of anilines is 1. The zero-order valence-electron chi connectivity index (χ0n) is 10.9. The third-order valence-electron chi connectivity index (χ3n) is 3.83. The van der Waals surface area contributed by atoms with E-state index in [9.17, 15) is 0 Å². The first-order chi connectivity index (χ1) is 8.20. The molecule has 0 bridgehead atoms. The smallest absolute Gasteiger partial charge is 0.103 e. The second-order valence-corrected chi connectivity index (χ2v) is 5.07. The molecular weight excluding hydrogens is 208 g/mol. The number of benzene rings is 1. The monoisotopic (exact) mass is 230 g/mol. The average Bonchev–Trinajstić information content (AvgIpc) is 2.39. The normalized spacial score (nSPS) is 16.8. The summed E-state index contributed by atoms with van der Waals surface area (Å²) in [5.74, 6) is 1.26. The third kappa shape index (κ3) is 2.68. The van der Waals surface area contributed by atoms with Crippen LogP contribution in [-0.4, -0.2) is 12.9 Å². The van der Waals surface area contributed by atoms with Gasteiger partial charge < -0.3 is 4.90 Å². The van der Waals surface area contributed by atoms with Gasteiger partial charge in [0.1, 0.15) is 5.84 Å². The SMILES string of the molecule is Cc1ccccc1N(C)C(=N)C1CCCCC1. The van der Waals surface area contributed by atoms with Crippen molar-refractivity contribution in [2.75, 3.05) is 11.9 Å². The predicted octanol–water partition coefficient (Wildman–Crippen LogP) is 3.99.